The zero-order valence-electron chi connectivity index (χ0n) is 12.5. The van der Waals surface area contributed by atoms with E-state index < -0.39 is 30.0 Å². The van der Waals surface area contributed by atoms with Crippen molar-refractivity contribution in [3.8, 4) is 11.1 Å². The summed E-state index contributed by atoms with van der Waals surface area (Å²) >= 11 is 6.09. The molecular weight excluding hydrogens is 338 g/mol. The van der Waals surface area contributed by atoms with Gasteiger partial charge in [0.05, 0.1) is 5.69 Å². The van der Waals surface area contributed by atoms with Crippen molar-refractivity contribution in [1.29, 1.82) is 0 Å². The Kier molecular flexibility index (Phi) is 4.80. The van der Waals surface area contributed by atoms with Crippen LogP contribution in [0.4, 0.5) is 14.5 Å². The van der Waals surface area contributed by atoms with Gasteiger partial charge in [0, 0.05) is 22.7 Å². The minimum atomic E-state index is -1.53. The first-order valence-corrected chi connectivity index (χ1v) is 7.76. The monoisotopic (exact) mass is 352 g/mol. The van der Waals surface area contributed by atoms with Gasteiger partial charge in [0.2, 0.25) is 5.91 Å². The third-order valence-electron chi connectivity index (χ3n) is 3.95. The molecule has 0 radical (unpaired) electrons. The van der Waals surface area contributed by atoms with Crippen molar-refractivity contribution in [2.75, 3.05) is 11.9 Å². The molecule has 3 unspecified atom stereocenters. The van der Waals surface area contributed by atoms with Crippen LogP contribution in [0.2, 0.25) is 5.02 Å². The van der Waals surface area contributed by atoms with Crippen molar-refractivity contribution in [3.05, 3.63) is 53.3 Å². The summed E-state index contributed by atoms with van der Waals surface area (Å²) < 4.78 is 28.0. The highest BCUT2D eigenvalue weighted by molar-refractivity contribution is 6.33. The summed E-state index contributed by atoms with van der Waals surface area (Å²) in [6.45, 7) is -0.124. The van der Waals surface area contributed by atoms with Crippen molar-refractivity contribution in [1.82, 2.24) is 5.32 Å². The molecule has 1 aliphatic heterocycles. The van der Waals surface area contributed by atoms with E-state index >= 15 is 0 Å². The number of aliphatic hydroxyl groups is 1. The molecule has 2 aromatic rings. The maximum Gasteiger partial charge on any atom is 0.244 e. The van der Waals surface area contributed by atoms with Gasteiger partial charge in [-0.15, -0.1) is 0 Å². The maximum atomic E-state index is 14.7. The van der Waals surface area contributed by atoms with E-state index in [0.29, 0.717) is 10.6 Å². The average Bonchev–Trinajstić information content (AvgIpc) is 2.90. The van der Waals surface area contributed by atoms with Crippen LogP contribution < -0.4 is 10.6 Å². The molecule has 1 aliphatic rings. The number of hydrogen-bond acceptors (Lipinski definition) is 3. The van der Waals surface area contributed by atoms with Gasteiger partial charge >= 0.3 is 0 Å². The summed E-state index contributed by atoms with van der Waals surface area (Å²) in [7, 11) is 0. The van der Waals surface area contributed by atoms with Crippen LogP contribution >= 0.6 is 11.6 Å². The third-order valence-corrected chi connectivity index (χ3v) is 4.28. The lowest BCUT2D eigenvalue weighted by Gasteiger charge is -2.16. The summed E-state index contributed by atoms with van der Waals surface area (Å²) in [6.07, 6.45) is -2.99. The Hall–Kier alpha value is -2.02. The van der Waals surface area contributed by atoms with Crippen molar-refractivity contribution in [2.45, 2.75) is 18.3 Å². The highest BCUT2D eigenvalue weighted by atomic mass is 35.5. The van der Waals surface area contributed by atoms with Crippen molar-refractivity contribution < 1.29 is 18.7 Å². The standard InChI is InChI=1S/C17H15ClF2N2O2/c18-11-6-2-1-4-9(11)10-5-3-7-13(14(10)20)22-17(24)15-16(23)12(19)8-21-15/h1-7,12,15-16,21,23H,8H2,(H,22,24). The summed E-state index contributed by atoms with van der Waals surface area (Å²) in [4.78, 5) is 12.1. The second-order valence-electron chi connectivity index (χ2n) is 5.53. The molecule has 0 spiro atoms. The van der Waals surface area contributed by atoms with Crippen LogP contribution in [0.5, 0.6) is 0 Å². The van der Waals surface area contributed by atoms with Crippen molar-refractivity contribution in [2.24, 2.45) is 0 Å². The third kappa shape index (κ3) is 3.13. The Morgan fingerprint density at radius 2 is 1.92 bits per heavy atom. The zero-order chi connectivity index (χ0) is 17.3. The maximum absolute atomic E-state index is 14.7. The Labute approximate surface area is 142 Å². The topological polar surface area (TPSA) is 61.4 Å². The molecule has 0 saturated carbocycles. The minimum Gasteiger partial charge on any atom is -0.388 e. The second kappa shape index (κ2) is 6.84. The summed E-state index contributed by atoms with van der Waals surface area (Å²) in [5.74, 6) is -1.35. The lowest BCUT2D eigenvalue weighted by molar-refractivity contribution is -0.120. The number of benzene rings is 2. The Morgan fingerprint density at radius 3 is 2.58 bits per heavy atom. The summed E-state index contributed by atoms with van der Waals surface area (Å²) in [6, 6.07) is 10.2. The largest absolute Gasteiger partial charge is 0.388 e. The first kappa shape index (κ1) is 16.8. The van der Waals surface area contributed by atoms with Gasteiger partial charge in [-0.3, -0.25) is 4.79 Å². The van der Waals surface area contributed by atoms with Gasteiger partial charge in [0.1, 0.15) is 18.3 Å². The number of carbonyl (C=O) groups is 1. The van der Waals surface area contributed by atoms with E-state index in [2.05, 4.69) is 10.6 Å². The number of nitrogens with one attached hydrogen (secondary N) is 2. The molecule has 1 heterocycles. The second-order valence-corrected chi connectivity index (χ2v) is 5.94. The summed E-state index contributed by atoms with van der Waals surface area (Å²) in [5.41, 5.74) is 0.672. The fourth-order valence-corrected chi connectivity index (χ4v) is 2.90. The van der Waals surface area contributed by atoms with Crippen LogP contribution in [0.25, 0.3) is 11.1 Å². The number of hydrogen-bond donors (Lipinski definition) is 3. The molecule has 7 heteroatoms. The highest BCUT2D eigenvalue weighted by Crippen LogP contribution is 2.32. The fraction of sp³-hybridized carbons (Fsp3) is 0.235. The van der Waals surface area contributed by atoms with E-state index in [-0.39, 0.29) is 17.8 Å². The van der Waals surface area contributed by atoms with Crippen LogP contribution in [0, 0.1) is 5.82 Å². The lowest BCUT2D eigenvalue weighted by Crippen LogP contribution is -2.43. The van der Waals surface area contributed by atoms with E-state index in [1.165, 1.54) is 6.07 Å². The zero-order valence-corrected chi connectivity index (χ0v) is 13.2. The van der Waals surface area contributed by atoms with Gasteiger partial charge in [-0.2, -0.15) is 0 Å². The SMILES string of the molecule is O=C(Nc1cccc(-c2ccccc2Cl)c1F)C1NCC(F)C1O. The number of halogens is 3. The number of alkyl halides is 1. The molecule has 126 valence electrons. The molecule has 3 atom stereocenters. The number of anilines is 1. The quantitative estimate of drug-likeness (QED) is 0.796. The highest BCUT2D eigenvalue weighted by Gasteiger charge is 2.39. The van der Waals surface area contributed by atoms with Gasteiger partial charge in [0.15, 0.2) is 5.82 Å². The molecular formula is C17H15ClF2N2O2. The van der Waals surface area contributed by atoms with E-state index in [0.717, 1.165) is 0 Å². The van der Waals surface area contributed by atoms with E-state index in [1.54, 1.807) is 36.4 Å². The van der Waals surface area contributed by atoms with Gasteiger partial charge in [0.25, 0.3) is 0 Å². The van der Waals surface area contributed by atoms with Gasteiger partial charge in [-0.25, -0.2) is 8.78 Å². The number of amides is 1. The first-order chi connectivity index (χ1) is 11.5. The summed E-state index contributed by atoms with van der Waals surface area (Å²) in [5, 5.41) is 15.0. The Bertz CT molecular complexity index is 772. The Morgan fingerprint density at radius 1 is 1.21 bits per heavy atom. The van der Waals surface area contributed by atoms with Crippen LogP contribution in [0.15, 0.2) is 42.5 Å². The molecule has 24 heavy (non-hydrogen) atoms. The average molecular weight is 353 g/mol. The molecule has 1 fully saturated rings. The van der Waals surface area contributed by atoms with Crippen LogP contribution in [-0.2, 0) is 4.79 Å². The number of aliphatic hydroxyl groups excluding tert-OH is 1. The van der Waals surface area contributed by atoms with E-state index in [9.17, 15) is 18.7 Å². The van der Waals surface area contributed by atoms with Crippen LogP contribution in [-0.4, -0.2) is 35.9 Å². The molecule has 0 aromatic heterocycles. The lowest BCUT2D eigenvalue weighted by atomic mass is 10.0. The molecule has 1 amide bonds. The van der Waals surface area contributed by atoms with Crippen molar-refractivity contribution >= 4 is 23.2 Å². The Balaban J connectivity index is 1.87. The van der Waals surface area contributed by atoms with Crippen LogP contribution in [0.1, 0.15) is 0 Å². The first-order valence-electron chi connectivity index (χ1n) is 7.39. The van der Waals surface area contributed by atoms with Gasteiger partial charge in [-0.1, -0.05) is 41.9 Å². The smallest absolute Gasteiger partial charge is 0.244 e. The van der Waals surface area contributed by atoms with Crippen LogP contribution in [0.3, 0.4) is 0 Å². The molecule has 2 aromatic carbocycles. The van der Waals surface area contributed by atoms with E-state index in [4.69, 9.17) is 11.6 Å². The van der Waals surface area contributed by atoms with Crippen molar-refractivity contribution in [3.63, 3.8) is 0 Å². The normalized spacial score (nSPS) is 23.2. The fourth-order valence-electron chi connectivity index (χ4n) is 2.66. The minimum absolute atomic E-state index is 0.0614. The van der Waals surface area contributed by atoms with Gasteiger partial charge < -0.3 is 15.7 Å². The predicted molar refractivity (Wildman–Crippen MR) is 88.2 cm³/mol. The molecule has 0 aliphatic carbocycles. The predicted octanol–water partition coefficient (Wildman–Crippen LogP) is 2.76. The number of rotatable bonds is 3. The molecule has 4 nitrogen and oxygen atoms in total. The van der Waals surface area contributed by atoms with Gasteiger partial charge in [-0.05, 0) is 12.1 Å². The number of carbonyl (C=O) groups excluding carboxylic acids is 1. The molecule has 3 rings (SSSR count). The molecule has 0 bridgehead atoms. The molecule has 3 N–H and O–H groups in total. The van der Waals surface area contributed by atoms with E-state index in [1.807, 2.05) is 0 Å². The molecule has 1 saturated heterocycles.